The van der Waals surface area contributed by atoms with Crippen LogP contribution in [0.1, 0.15) is 46.5 Å². The lowest BCUT2D eigenvalue weighted by Crippen LogP contribution is -2.40. The minimum Gasteiger partial charge on any atom is -0.417 e. The van der Waals surface area contributed by atoms with Gasteiger partial charge in [0.25, 0.3) is 0 Å². The molecular weight excluding hydrogens is 288 g/mol. The summed E-state index contributed by atoms with van der Waals surface area (Å²) in [7, 11) is -2.73. The Morgan fingerprint density at radius 3 is 2.10 bits per heavy atom. The van der Waals surface area contributed by atoms with Crippen LogP contribution >= 0.6 is 0 Å². The van der Waals surface area contributed by atoms with E-state index in [1.54, 1.807) is 0 Å². The molecule has 0 aromatic rings. The van der Waals surface area contributed by atoms with Crippen LogP contribution in [-0.2, 0) is 4.43 Å². The minimum atomic E-state index is -1.54. The first-order chi connectivity index (χ1) is 9.46. The average molecular weight is 325 g/mol. The maximum absolute atomic E-state index is 6.17. The predicted molar refractivity (Wildman–Crippen MR) is 102 cm³/mol. The molecule has 0 aliphatic heterocycles. The first-order valence-corrected chi connectivity index (χ1v) is 14.7. The summed E-state index contributed by atoms with van der Waals surface area (Å²) in [4.78, 5) is 0. The van der Waals surface area contributed by atoms with Crippen molar-refractivity contribution in [1.29, 1.82) is 0 Å². The molecule has 0 aromatic carbocycles. The van der Waals surface area contributed by atoms with Gasteiger partial charge in [0.15, 0.2) is 8.32 Å². The molecule has 0 N–H and O–H groups in total. The second-order valence-corrected chi connectivity index (χ2v) is 17.9. The van der Waals surface area contributed by atoms with Crippen molar-refractivity contribution >= 4 is 16.4 Å². The molecule has 1 nitrogen and oxygen atoms in total. The van der Waals surface area contributed by atoms with Crippen LogP contribution < -0.4 is 0 Å². The van der Waals surface area contributed by atoms with Gasteiger partial charge < -0.3 is 4.43 Å². The summed E-state index contributed by atoms with van der Waals surface area (Å²) in [5.74, 6) is 3.27. The van der Waals surface area contributed by atoms with E-state index < -0.39 is 16.4 Å². The van der Waals surface area contributed by atoms with Gasteiger partial charge in [0.2, 0.25) is 0 Å². The molecule has 0 atom stereocenters. The highest BCUT2D eigenvalue weighted by Crippen LogP contribution is 2.36. The van der Waals surface area contributed by atoms with Gasteiger partial charge in [-0.25, -0.2) is 0 Å². The summed E-state index contributed by atoms with van der Waals surface area (Å²) in [5, 5.41) is 0.321. The molecule has 0 saturated carbocycles. The maximum Gasteiger partial charge on any atom is 0.191 e. The topological polar surface area (TPSA) is 9.23 Å². The quantitative estimate of drug-likeness (QED) is 0.241. The van der Waals surface area contributed by atoms with Crippen molar-refractivity contribution in [1.82, 2.24) is 0 Å². The molecule has 0 bridgehead atoms. The fraction of sp³-hybridized carbons (Fsp3) is 0.778. The van der Waals surface area contributed by atoms with E-state index in [4.69, 9.17) is 4.43 Å². The Kier molecular flexibility index (Phi) is 8.84. The molecule has 0 heterocycles. The third-order valence-corrected chi connectivity index (χ3v) is 9.35. The van der Waals surface area contributed by atoms with E-state index in [1.165, 1.54) is 6.42 Å². The van der Waals surface area contributed by atoms with Gasteiger partial charge in [-0.15, -0.1) is 11.5 Å². The Morgan fingerprint density at radius 2 is 1.57 bits per heavy atom. The highest BCUT2D eigenvalue weighted by molar-refractivity contribution is 6.83. The van der Waals surface area contributed by atoms with Crippen LogP contribution in [-0.4, -0.2) is 23.0 Å². The smallest absolute Gasteiger partial charge is 0.191 e. The Labute approximate surface area is 135 Å². The van der Waals surface area contributed by atoms with E-state index in [0.29, 0.717) is 5.04 Å². The number of allylic oxidation sites excluding steroid dienone is 2. The van der Waals surface area contributed by atoms with Crippen molar-refractivity contribution in [2.24, 2.45) is 0 Å². The van der Waals surface area contributed by atoms with E-state index in [-0.39, 0.29) is 0 Å². The number of hydrogen-bond acceptors (Lipinski definition) is 1. The molecule has 0 aliphatic rings. The van der Waals surface area contributed by atoms with E-state index >= 15 is 0 Å². The summed E-state index contributed by atoms with van der Waals surface area (Å²) in [6, 6.07) is 0. The van der Waals surface area contributed by atoms with Crippen molar-refractivity contribution in [3.05, 3.63) is 12.2 Å². The molecule has 21 heavy (non-hydrogen) atoms. The van der Waals surface area contributed by atoms with Gasteiger partial charge >= 0.3 is 0 Å². The second kappa shape index (κ2) is 8.97. The largest absolute Gasteiger partial charge is 0.417 e. The zero-order chi connectivity index (χ0) is 16.6. The van der Waals surface area contributed by atoms with Crippen molar-refractivity contribution in [2.75, 3.05) is 6.61 Å². The number of unbranched alkanes of at least 4 members (excludes halogenated alkanes) is 2. The molecule has 0 aliphatic carbocycles. The molecule has 0 fully saturated rings. The fourth-order valence-electron chi connectivity index (χ4n) is 1.48. The summed E-state index contributed by atoms with van der Waals surface area (Å²) in [6.45, 7) is 19.3. The average Bonchev–Trinajstić information content (AvgIpc) is 2.28. The molecule has 0 spiro atoms. The lowest BCUT2D eigenvalue weighted by atomic mass is 10.2. The summed E-state index contributed by atoms with van der Waals surface area (Å²) >= 11 is 0. The van der Waals surface area contributed by atoms with Crippen LogP contribution in [0.4, 0.5) is 0 Å². The zero-order valence-corrected chi connectivity index (χ0v) is 17.6. The van der Waals surface area contributed by atoms with Crippen molar-refractivity contribution in [2.45, 2.75) is 84.2 Å². The normalized spacial score (nSPS) is 13.3. The monoisotopic (exact) mass is 324 g/mol. The molecule has 0 amide bonds. The van der Waals surface area contributed by atoms with Crippen LogP contribution in [0.25, 0.3) is 0 Å². The van der Waals surface area contributed by atoms with Gasteiger partial charge in [-0.2, -0.15) is 0 Å². The first kappa shape index (κ1) is 20.7. The van der Waals surface area contributed by atoms with E-state index in [1.807, 2.05) is 0 Å². The Hall–Kier alpha value is -0.306. The van der Waals surface area contributed by atoms with Gasteiger partial charge in [0.1, 0.15) is 8.07 Å². The Bertz CT molecular complexity index is 373. The Morgan fingerprint density at radius 1 is 0.952 bits per heavy atom. The van der Waals surface area contributed by atoms with Crippen LogP contribution in [0.15, 0.2) is 12.2 Å². The van der Waals surface area contributed by atoms with Gasteiger partial charge in [0.05, 0.1) is 0 Å². The van der Waals surface area contributed by atoms with Gasteiger partial charge in [-0.05, 0) is 37.4 Å². The van der Waals surface area contributed by atoms with Crippen LogP contribution in [0, 0.1) is 11.5 Å². The molecule has 0 aromatic heterocycles. The molecule has 0 radical (unpaired) electrons. The van der Waals surface area contributed by atoms with Crippen LogP contribution in [0.3, 0.4) is 0 Å². The van der Waals surface area contributed by atoms with E-state index in [0.717, 1.165) is 25.9 Å². The van der Waals surface area contributed by atoms with Crippen molar-refractivity contribution < 1.29 is 4.43 Å². The van der Waals surface area contributed by atoms with Gasteiger partial charge in [-0.1, -0.05) is 52.6 Å². The maximum atomic E-state index is 6.17. The highest BCUT2D eigenvalue weighted by atomic mass is 28.4. The molecule has 0 rings (SSSR count). The fourth-order valence-corrected chi connectivity index (χ4v) is 3.20. The molecule has 0 unspecified atom stereocenters. The van der Waals surface area contributed by atoms with Crippen LogP contribution in [0.5, 0.6) is 0 Å². The Balaban J connectivity index is 3.72. The summed E-state index contributed by atoms with van der Waals surface area (Å²) in [5.41, 5.74) is 3.39. The lowest BCUT2D eigenvalue weighted by Gasteiger charge is -2.36. The summed E-state index contributed by atoms with van der Waals surface area (Å²) < 4.78 is 6.17. The summed E-state index contributed by atoms with van der Waals surface area (Å²) in [6.07, 6.45) is 8.91. The third kappa shape index (κ3) is 11.0. The third-order valence-electron chi connectivity index (χ3n) is 3.88. The second-order valence-electron chi connectivity index (χ2n) is 8.33. The number of rotatable bonds is 7. The van der Waals surface area contributed by atoms with E-state index in [9.17, 15) is 0 Å². The van der Waals surface area contributed by atoms with Gasteiger partial charge in [-0.3, -0.25) is 0 Å². The highest BCUT2D eigenvalue weighted by Gasteiger charge is 2.36. The standard InChI is InChI=1S/C18H36OSi2/c1-18(2,3)21(7,8)19-16-14-12-10-9-11-13-15-17-20(4,5)6/h9,11H,10,12-14,16H2,1-8H3/b11-9+. The zero-order valence-electron chi connectivity index (χ0n) is 15.6. The SMILES string of the molecule is CC(C)(C)[Si](C)(C)OCCCC/C=C/CC#C[Si](C)(C)C. The lowest BCUT2D eigenvalue weighted by molar-refractivity contribution is 0.279. The molecule has 0 saturated heterocycles. The minimum absolute atomic E-state index is 0.321. The molecular formula is C18H36OSi2. The number of hydrogen-bond donors (Lipinski definition) is 0. The van der Waals surface area contributed by atoms with Gasteiger partial charge in [0, 0.05) is 13.0 Å². The first-order valence-electron chi connectivity index (χ1n) is 8.25. The molecule has 3 heteroatoms. The van der Waals surface area contributed by atoms with E-state index in [2.05, 4.69) is 77.1 Å². The van der Waals surface area contributed by atoms with Crippen molar-refractivity contribution in [3.8, 4) is 11.5 Å². The van der Waals surface area contributed by atoms with Crippen LogP contribution in [0.2, 0.25) is 37.8 Å². The molecule has 122 valence electrons. The predicted octanol–water partition coefficient (Wildman–Crippen LogP) is 6.01. The van der Waals surface area contributed by atoms with Crippen molar-refractivity contribution in [3.63, 3.8) is 0 Å².